The summed E-state index contributed by atoms with van der Waals surface area (Å²) in [6, 6.07) is 4.25. The third-order valence-electron chi connectivity index (χ3n) is 8.84. The molecule has 0 aromatic heterocycles. The molecule has 0 aliphatic heterocycles. The predicted octanol–water partition coefficient (Wildman–Crippen LogP) is 12.5. The van der Waals surface area contributed by atoms with E-state index >= 15 is 0 Å². The van der Waals surface area contributed by atoms with E-state index in [1.807, 2.05) is 6.07 Å². The van der Waals surface area contributed by atoms with E-state index in [4.69, 9.17) is 0 Å². The topological polar surface area (TPSA) is 20.2 Å². The van der Waals surface area contributed by atoms with Crippen molar-refractivity contribution in [2.24, 2.45) is 0 Å². The minimum atomic E-state index is -0.00996. The first-order valence-corrected chi connectivity index (χ1v) is 16.5. The molecule has 0 heterocycles. The van der Waals surface area contributed by atoms with Crippen LogP contribution in [0.2, 0.25) is 0 Å². The normalized spacial score (nSPS) is 13.3. The lowest BCUT2D eigenvalue weighted by Crippen LogP contribution is -2.28. The Morgan fingerprint density at radius 1 is 0.568 bits per heavy atom. The molecule has 1 N–H and O–H groups in total. The molecule has 0 fully saturated rings. The Morgan fingerprint density at radius 3 is 1.41 bits per heavy atom. The zero-order valence-electron chi connectivity index (χ0n) is 26.6. The molecule has 37 heavy (non-hydrogen) atoms. The molecule has 1 unspecified atom stereocenters. The van der Waals surface area contributed by atoms with E-state index in [-0.39, 0.29) is 10.8 Å². The summed E-state index contributed by atoms with van der Waals surface area (Å²) in [5.41, 5.74) is 4.23. The number of phenols is 1. The molecule has 1 aromatic rings. The van der Waals surface area contributed by atoms with Crippen molar-refractivity contribution < 1.29 is 5.11 Å². The zero-order chi connectivity index (χ0) is 27.7. The summed E-state index contributed by atoms with van der Waals surface area (Å²) >= 11 is 0. The first kappa shape index (κ1) is 34.0. The van der Waals surface area contributed by atoms with E-state index in [9.17, 15) is 5.11 Å². The van der Waals surface area contributed by atoms with Gasteiger partial charge in [0, 0.05) is 5.56 Å². The van der Waals surface area contributed by atoms with E-state index in [1.54, 1.807) is 0 Å². The highest BCUT2D eigenvalue weighted by Crippen LogP contribution is 2.47. The summed E-state index contributed by atoms with van der Waals surface area (Å²) < 4.78 is 0. The summed E-state index contributed by atoms with van der Waals surface area (Å²) in [6.07, 6.45) is 25.6. The van der Waals surface area contributed by atoms with Gasteiger partial charge in [-0.05, 0) is 53.2 Å². The van der Waals surface area contributed by atoms with Gasteiger partial charge in [0.05, 0.1) is 0 Å². The van der Waals surface area contributed by atoms with Gasteiger partial charge in [-0.2, -0.15) is 0 Å². The minimum absolute atomic E-state index is 0.00996. The van der Waals surface area contributed by atoms with Crippen LogP contribution in [-0.4, -0.2) is 5.11 Å². The number of rotatable bonds is 22. The van der Waals surface area contributed by atoms with E-state index in [0.717, 1.165) is 19.3 Å². The van der Waals surface area contributed by atoms with Gasteiger partial charge < -0.3 is 5.11 Å². The number of unbranched alkanes of at least 4 members (excludes halogenated alkanes) is 13. The second-order valence-corrected chi connectivity index (χ2v) is 13.5. The van der Waals surface area contributed by atoms with Crippen molar-refractivity contribution in [3.8, 4) is 5.75 Å². The van der Waals surface area contributed by atoms with Crippen molar-refractivity contribution in [1.82, 2.24) is 0 Å². The lowest BCUT2D eigenvalue weighted by atomic mass is 9.67. The zero-order valence-corrected chi connectivity index (χ0v) is 26.6. The highest BCUT2D eigenvalue weighted by Gasteiger charge is 2.35. The number of aromatic hydroxyl groups is 1. The second-order valence-electron chi connectivity index (χ2n) is 13.5. The average Bonchev–Trinajstić information content (AvgIpc) is 2.83. The number of hydrogen-bond acceptors (Lipinski definition) is 1. The standard InChI is InChI=1S/C36H66O/c1-9-12-13-14-15-16-17-18-19-20-21-22-23-24-25-30(4)31-26-27-32(37)34(36(7,8)29-11-3)33(31)35(5,6)28-10-2/h26-27,30,37H,9-25,28-29H2,1-8H3. The Labute approximate surface area is 233 Å². The van der Waals surface area contributed by atoms with Crippen LogP contribution < -0.4 is 0 Å². The van der Waals surface area contributed by atoms with Crippen LogP contribution in [0.25, 0.3) is 0 Å². The van der Waals surface area contributed by atoms with Crippen LogP contribution in [-0.2, 0) is 10.8 Å². The fourth-order valence-electron chi connectivity index (χ4n) is 6.73. The molecule has 0 aliphatic rings. The van der Waals surface area contributed by atoms with Crippen LogP contribution in [0.1, 0.15) is 200 Å². The average molecular weight is 515 g/mol. The van der Waals surface area contributed by atoms with Gasteiger partial charge in [-0.15, -0.1) is 0 Å². The van der Waals surface area contributed by atoms with E-state index < -0.39 is 0 Å². The molecule has 1 aromatic carbocycles. The van der Waals surface area contributed by atoms with Crippen molar-refractivity contribution in [3.63, 3.8) is 0 Å². The Morgan fingerprint density at radius 2 is 0.973 bits per heavy atom. The maximum atomic E-state index is 11.1. The van der Waals surface area contributed by atoms with Gasteiger partial charge in [0.2, 0.25) is 0 Å². The highest BCUT2D eigenvalue weighted by atomic mass is 16.3. The van der Waals surface area contributed by atoms with E-state index in [0.29, 0.717) is 11.7 Å². The first-order valence-electron chi connectivity index (χ1n) is 16.5. The van der Waals surface area contributed by atoms with Gasteiger partial charge in [0.1, 0.15) is 5.75 Å². The first-order chi connectivity index (χ1) is 17.6. The molecule has 0 saturated heterocycles. The third-order valence-corrected chi connectivity index (χ3v) is 8.84. The largest absolute Gasteiger partial charge is 0.508 e. The minimum Gasteiger partial charge on any atom is -0.508 e. The van der Waals surface area contributed by atoms with Gasteiger partial charge in [-0.1, -0.05) is 164 Å². The van der Waals surface area contributed by atoms with Crippen molar-refractivity contribution in [2.45, 2.75) is 194 Å². The van der Waals surface area contributed by atoms with E-state index in [1.165, 1.54) is 119 Å². The van der Waals surface area contributed by atoms with Crippen LogP contribution in [0.5, 0.6) is 5.75 Å². The maximum absolute atomic E-state index is 11.1. The highest BCUT2D eigenvalue weighted by molar-refractivity contribution is 5.53. The molecular weight excluding hydrogens is 448 g/mol. The second kappa shape index (κ2) is 18.3. The molecule has 1 atom stereocenters. The Balaban J connectivity index is 2.59. The Bertz CT molecular complexity index is 714. The van der Waals surface area contributed by atoms with Gasteiger partial charge in [-0.3, -0.25) is 0 Å². The van der Waals surface area contributed by atoms with Crippen LogP contribution in [0.4, 0.5) is 0 Å². The van der Waals surface area contributed by atoms with Crippen molar-refractivity contribution >= 4 is 0 Å². The number of phenolic OH excluding ortho intramolecular Hbond substituents is 1. The van der Waals surface area contributed by atoms with Crippen molar-refractivity contribution in [1.29, 1.82) is 0 Å². The number of hydrogen-bond donors (Lipinski definition) is 1. The molecule has 0 amide bonds. The molecule has 0 spiro atoms. The molecule has 1 rings (SSSR count). The summed E-state index contributed by atoms with van der Waals surface area (Å²) in [4.78, 5) is 0. The van der Waals surface area contributed by atoms with Crippen LogP contribution in [0.3, 0.4) is 0 Å². The van der Waals surface area contributed by atoms with Gasteiger partial charge in [0.25, 0.3) is 0 Å². The Kier molecular flexibility index (Phi) is 16.9. The van der Waals surface area contributed by atoms with Crippen LogP contribution >= 0.6 is 0 Å². The fourth-order valence-corrected chi connectivity index (χ4v) is 6.73. The predicted molar refractivity (Wildman–Crippen MR) is 167 cm³/mol. The molecule has 0 radical (unpaired) electrons. The summed E-state index contributed by atoms with van der Waals surface area (Å²) in [6.45, 7) is 18.7. The maximum Gasteiger partial charge on any atom is 0.119 e. The van der Waals surface area contributed by atoms with Crippen LogP contribution in [0.15, 0.2) is 12.1 Å². The summed E-state index contributed by atoms with van der Waals surface area (Å²) in [5.74, 6) is 1.05. The molecule has 0 bridgehead atoms. The molecule has 0 saturated carbocycles. The number of benzene rings is 1. The van der Waals surface area contributed by atoms with E-state index in [2.05, 4.69) is 61.5 Å². The monoisotopic (exact) mass is 515 g/mol. The third kappa shape index (κ3) is 12.2. The molecule has 1 nitrogen and oxygen atoms in total. The van der Waals surface area contributed by atoms with Crippen molar-refractivity contribution in [2.75, 3.05) is 0 Å². The lowest BCUT2D eigenvalue weighted by Gasteiger charge is -2.38. The SMILES string of the molecule is CCCCCCCCCCCCCCCCC(C)c1ccc(O)c(C(C)(C)CCC)c1C(C)(C)CCC. The molecule has 0 aliphatic carbocycles. The fraction of sp³-hybridized carbons (Fsp3) is 0.833. The van der Waals surface area contributed by atoms with Crippen molar-refractivity contribution in [3.05, 3.63) is 28.8 Å². The van der Waals surface area contributed by atoms with Crippen LogP contribution in [0, 0.1) is 0 Å². The molecular formula is C36H66O. The summed E-state index contributed by atoms with van der Waals surface area (Å²) in [5, 5.41) is 11.1. The quantitative estimate of drug-likeness (QED) is 0.152. The van der Waals surface area contributed by atoms with Gasteiger partial charge >= 0.3 is 0 Å². The Hall–Kier alpha value is -0.980. The van der Waals surface area contributed by atoms with Gasteiger partial charge in [0.15, 0.2) is 0 Å². The molecule has 1 heteroatoms. The smallest absolute Gasteiger partial charge is 0.119 e. The molecule has 216 valence electrons. The van der Waals surface area contributed by atoms with Gasteiger partial charge in [-0.25, -0.2) is 0 Å². The lowest BCUT2D eigenvalue weighted by molar-refractivity contribution is 0.388. The summed E-state index contributed by atoms with van der Waals surface area (Å²) in [7, 11) is 0.